The normalized spacial score (nSPS) is 11.5. The maximum absolute atomic E-state index is 13.1. The van der Waals surface area contributed by atoms with Crippen LogP contribution in [0.25, 0.3) is 10.8 Å². The molecule has 0 aliphatic heterocycles. The molecule has 1 heterocycles. The highest BCUT2D eigenvalue weighted by Crippen LogP contribution is 2.30. The zero-order chi connectivity index (χ0) is 30.0. The first-order valence-corrected chi connectivity index (χ1v) is 15.9. The fraction of sp³-hybridized carbons (Fsp3) is 0.387. The smallest absolute Gasteiger partial charge is 0.241 e. The van der Waals surface area contributed by atoms with Gasteiger partial charge in [0.15, 0.2) is 0 Å². The summed E-state index contributed by atoms with van der Waals surface area (Å²) < 4.78 is 29.0. The molecular formula is C31H42N8O2S. The topological polar surface area (TPSA) is 124 Å². The summed E-state index contributed by atoms with van der Waals surface area (Å²) in [6.07, 6.45) is 3.53. The van der Waals surface area contributed by atoms with E-state index >= 15 is 0 Å². The number of unbranched alkanes of at least 4 members (excludes halogenated alkanes) is 3. The number of anilines is 4. The Morgan fingerprint density at radius 2 is 1.36 bits per heavy atom. The van der Waals surface area contributed by atoms with E-state index in [1.807, 2.05) is 75.3 Å². The molecule has 4 N–H and O–H groups in total. The molecule has 0 aliphatic carbocycles. The first kappa shape index (κ1) is 31.0. The van der Waals surface area contributed by atoms with Crippen LogP contribution in [0.2, 0.25) is 0 Å². The number of aromatic nitrogens is 3. The van der Waals surface area contributed by atoms with Gasteiger partial charge in [0.2, 0.25) is 27.9 Å². The average molecular weight is 591 g/mol. The van der Waals surface area contributed by atoms with E-state index in [4.69, 9.17) is 0 Å². The van der Waals surface area contributed by atoms with Crippen LogP contribution in [0.3, 0.4) is 0 Å². The molecule has 11 heteroatoms. The highest BCUT2D eigenvalue weighted by Gasteiger charge is 2.18. The van der Waals surface area contributed by atoms with E-state index in [-0.39, 0.29) is 6.04 Å². The molecule has 0 aliphatic rings. The molecule has 0 bridgehead atoms. The SMILES string of the molecule is CC(C)Nc1nc(NCCCCCCNS(=O)(=O)c2cccc3c(N(C)C)cccc23)nc(NCc2ccccc2)n1. The van der Waals surface area contributed by atoms with Gasteiger partial charge in [0.05, 0.1) is 4.90 Å². The molecule has 1 aromatic heterocycles. The molecule has 0 saturated heterocycles. The summed E-state index contributed by atoms with van der Waals surface area (Å²) in [5.74, 6) is 1.55. The van der Waals surface area contributed by atoms with Crippen LogP contribution < -0.4 is 25.6 Å². The summed E-state index contributed by atoms with van der Waals surface area (Å²) in [7, 11) is 0.293. The van der Waals surface area contributed by atoms with Crippen LogP contribution in [0.1, 0.15) is 45.1 Å². The lowest BCUT2D eigenvalue weighted by Gasteiger charge is -2.17. The number of hydrogen-bond donors (Lipinski definition) is 4. The van der Waals surface area contributed by atoms with Crippen molar-refractivity contribution in [2.45, 2.75) is 57.0 Å². The van der Waals surface area contributed by atoms with Gasteiger partial charge in [-0.15, -0.1) is 0 Å². The molecule has 10 nitrogen and oxygen atoms in total. The van der Waals surface area contributed by atoms with Gasteiger partial charge in [-0.05, 0) is 44.4 Å². The minimum absolute atomic E-state index is 0.191. The van der Waals surface area contributed by atoms with Crippen molar-refractivity contribution in [1.29, 1.82) is 0 Å². The number of hydrogen-bond acceptors (Lipinski definition) is 9. The molecule has 224 valence electrons. The van der Waals surface area contributed by atoms with Crippen LogP contribution in [-0.4, -0.2) is 56.6 Å². The first-order valence-electron chi connectivity index (χ1n) is 14.5. The highest BCUT2D eigenvalue weighted by atomic mass is 32.2. The van der Waals surface area contributed by atoms with E-state index in [1.165, 1.54) is 0 Å². The number of sulfonamides is 1. The third-order valence-electron chi connectivity index (χ3n) is 6.66. The maximum atomic E-state index is 13.1. The summed E-state index contributed by atoms with van der Waals surface area (Å²) in [6, 6.07) is 21.5. The Balaban J connectivity index is 1.23. The standard InChI is InChI=1S/C31H42N8O2S/c1-23(2)35-31-37-29(36-30(38-31)33-22-24-14-8-7-9-15-24)32-20-10-5-6-11-21-34-42(40,41)28-19-13-16-25-26(28)17-12-18-27(25)39(3)4/h7-9,12-19,23,34H,5-6,10-11,20-22H2,1-4H3,(H3,32,33,35,36,37,38). The van der Waals surface area contributed by atoms with Gasteiger partial charge in [-0.3, -0.25) is 0 Å². The van der Waals surface area contributed by atoms with Crippen LogP contribution in [-0.2, 0) is 16.6 Å². The lowest BCUT2D eigenvalue weighted by atomic mass is 10.1. The van der Waals surface area contributed by atoms with Crippen LogP contribution in [0.5, 0.6) is 0 Å². The van der Waals surface area contributed by atoms with Gasteiger partial charge in [0.1, 0.15) is 0 Å². The minimum Gasteiger partial charge on any atom is -0.377 e. The Labute approximate surface area is 249 Å². The van der Waals surface area contributed by atoms with Crippen molar-refractivity contribution in [3.05, 3.63) is 72.3 Å². The second-order valence-electron chi connectivity index (χ2n) is 10.7. The van der Waals surface area contributed by atoms with Crippen molar-refractivity contribution in [2.24, 2.45) is 0 Å². The van der Waals surface area contributed by atoms with Gasteiger partial charge < -0.3 is 20.9 Å². The Morgan fingerprint density at radius 3 is 2.07 bits per heavy atom. The molecule has 0 atom stereocenters. The molecule has 3 aromatic carbocycles. The van der Waals surface area contributed by atoms with E-state index in [2.05, 4.69) is 47.8 Å². The second kappa shape index (κ2) is 14.8. The summed E-state index contributed by atoms with van der Waals surface area (Å²) >= 11 is 0. The molecule has 0 amide bonds. The number of fused-ring (bicyclic) bond motifs is 1. The molecule has 0 radical (unpaired) electrons. The lowest BCUT2D eigenvalue weighted by molar-refractivity contribution is 0.573. The van der Waals surface area contributed by atoms with Crippen molar-refractivity contribution in [3.63, 3.8) is 0 Å². The maximum Gasteiger partial charge on any atom is 0.241 e. The Kier molecular flexibility index (Phi) is 10.9. The summed E-state index contributed by atoms with van der Waals surface area (Å²) in [4.78, 5) is 15.8. The van der Waals surface area contributed by atoms with Crippen molar-refractivity contribution < 1.29 is 8.42 Å². The fourth-order valence-corrected chi connectivity index (χ4v) is 5.90. The molecule has 4 aromatic rings. The van der Waals surface area contributed by atoms with Gasteiger partial charge in [-0.1, -0.05) is 67.4 Å². The summed E-state index contributed by atoms with van der Waals surface area (Å²) in [5.41, 5.74) is 2.13. The van der Waals surface area contributed by atoms with E-state index in [1.54, 1.807) is 12.1 Å². The Morgan fingerprint density at radius 1 is 0.714 bits per heavy atom. The third-order valence-corrected chi connectivity index (χ3v) is 8.17. The number of nitrogens with one attached hydrogen (secondary N) is 4. The molecule has 0 unspecified atom stereocenters. The number of nitrogens with zero attached hydrogens (tertiary/aromatic N) is 4. The van der Waals surface area contributed by atoms with Crippen molar-refractivity contribution in [3.8, 4) is 0 Å². The van der Waals surface area contributed by atoms with Gasteiger partial charge in [-0.2, -0.15) is 15.0 Å². The van der Waals surface area contributed by atoms with Crippen LogP contribution in [0.15, 0.2) is 71.6 Å². The molecule has 0 saturated carbocycles. The Bertz CT molecular complexity index is 1550. The molecule has 0 spiro atoms. The van der Waals surface area contributed by atoms with Gasteiger partial charge in [-0.25, -0.2) is 13.1 Å². The number of benzene rings is 3. The Hall–Kier alpha value is -3.96. The van der Waals surface area contributed by atoms with Crippen molar-refractivity contribution in [2.75, 3.05) is 48.0 Å². The monoisotopic (exact) mass is 590 g/mol. The minimum atomic E-state index is -3.62. The number of rotatable bonds is 16. The largest absolute Gasteiger partial charge is 0.377 e. The van der Waals surface area contributed by atoms with E-state index in [0.29, 0.717) is 42.4 Å². The third kappa shape index (κ3) is 8.77. The average Bonchev–Trinajstić information content (AvgIpc) is 2.96. The lowest BCUT2D eigenvalue weighted by Crippen LogP contribution is -2.25. The van der Waals surface area contributed by atoms with E-state index in [0.717, 1.165) is 47.7 Å². The van der Waals surface area contributed by atoms with Crippen LogP contribution in [0.4, 0.5) is 23.5 Å². The molecule has 0 fully saturated rings. The van der Waals surface area contributed by atoms with Crippen LogP contribution in [0, 0.1) is 0 Å². The van der Waals surface area contributed by atoms with Crippen LogP contribution >= 0.6 is 0 Å². The van der Waals surface area contributed by atoms with Gasteiger partial charge in [0.25, 0.3) is 0 Å². The molecule has 42 heavy (non-hydrogen) atoms. The quantitative estimate of drug-likeness (QED) is 0.126. The molecular weight excluding hydrogens is 548 g/mol. The van der Waals surface area contributed by atoms with E-state index in [9.17, 15) is 8.42 Å². The van der Waals surface area contributed by atoms with Gasteiger partial charge >= 0.3 is 0 Å². The second-order valence-corrected chi connectivity index (χ2v) is 12.4. The van der Waals surface area contributed by atoms with Crippen molar-refractivity contribution >= 4 is 44.3 Å². The fourth-order valence-electron chi connectivity index (χ4n) is 4.61. The van der Waals surface area contributed by atoms with Crippen molar-refractivity contribution in [1.82, 2.24) is 19.7 Å². The molecule has 4 rings (SSSR count). The summed E-state index contributed by atoms with van der Waals surface area (Å²) in [6.45, 7) is 5.80. The zero-order valence-corrected chi connectivity index (χ0v) is 25.7. The first-order chi connectivity index (χ1) is 20.2. The highest BCUT2D eigenvalue weighted by molar-refractivity contribution is 7.89. The zero-order valence-electron chi connectivity index (χ0n) is 24.9. The predicted octanol–water partition coefficient (Wildman–Crippen LogP) is 5.47. The van der Waals surface area contributed by atoms with Gasteiger partial charge in [0, 0.05) is 56.2 Å². The predicted molar refractivity (Wildman–Crippen MR) is 173 cm³/mol. The van der Waals surface area contributed by atoms with E-state index < -0.39 is 10.0 Å². The summed E-state index contributed by atoms with van der Waals surface area (Å²) in [5, 5.41) is 11.5.